The zero-order chi connectivity index (χ0) is 20.8. The number of esters is 1. The van der Waals surface area contributed by atoms with Gasteiger partial charge in [0.25, 0.3) is 0 Å². The van der Waals surface area contributed by atoms with E-state index in [2.05, 4.69) is 4.90 Å². The number of ether oxygens (including phenoxy) is 4. The molecule has 0 saturated carbocycles. The molecular formula is C24H29NO5. The van der Waals surface area contributed by atoms with Gasteiger partial charge in [0.1, 0.15) is 12.7 Å². The number of carbonyl (C=O) groups is 1. The fourth-order valence-electron chi connectivity index (χ4n) is 4.09. The van der Waals surface area contributed by atoms with Crippen molar-refractivity contribution in [1.82, 2.24) is 4.90 Å². The molecule has 6 nitrogen and oxygen atoms in total. The monoisotopic (exact) mass is 411 g/mol. The first-order valence-corrected chi connectivity index (χ1v) is 10.6. The van der Waals surface area contributed by atoms with Crippen molar-refractivity contribution in [3.63, 3.8) is 0 Å². The lowest BCUT2D eigenvalue weighted by atomic mass is 9.94. The Balaban J connectivity index is 1.29. The van der Waals surface area contributed by atoms with Gasteiger partial charge in [-0.3, -0.25) is 4.79 Å². The highest BCUT2D eigenvalue weighted by atomic mass is 16.6. The molecule has 30 heavy (non-hydrogen) atoms. The third-order valence-electron chi connectivity index (χ3n) is 5.78. The lowest BCUT2D eigenvalue weighted by Gasteiger charge is -2.37. The summed E-state index contributed by atoms with van der Waals surface area (Å²) in [5.41, 5.74) is 1.11. The summed E-state index contributed by atoms with van der Waals surface area (Å²) in [6.07, 6.45) is 1.54. The van der Waals surface area contributed by atoms with Gasteiger partial charge < -0.3 is 23.8 Å². The summed E-state index contributed by atoms with van der Waals surface area (Å²) in [6.45, 7) is 3.42. The predicted molar refractivity (Wildman–Crippen MR) is 113 cm³/mol. The van der Waals surface area contributed by atoms with Crippen LogP contribution in [-0.2, 0) is 20.9 Å². The quantitative estimate of drug-likeness (QED) is 0.652. The van der Waals surface area contributed by atoms with Crippen LogP contribution in [0.1, 0.15) is 18.4 Å². The van der Waals surface area contributed by atoms with Crippen molar-refractivity contribution in [3.05, 3.63) is 60.2 Å². The molecule has 1 unspecified atom stereocenters. The van der Waals surface area contributed by atoms with Gasteiger partial charge in [0.15, 0.2) is 11.5 Å². The molecule has 6 heteroatoms. The number of methoxy groups -OCH3 is 1. The number of carbonyl (C=O) groups excluding carboxylic acids is 1. The number of fused-ring (bicyclic) bond motifs is 1. The summed E-state index contributed by atoms with van der Waals surface area (Å²) in [6, 6.07) is 17.8. The number of nitrogens with zero attached hydrogens (tertiary/aromatic N) is 1. The molecular weight excluding hydrogens is 382 g/mol. The number of likely N-dealkylation sites (tertiary alicyclic amines) is 1. The van der Waals surface area contributed by atoms with Gasteiger partial charge in [-0.1, -0.05) is 42.5 Å². The highest BCUT2D eigenvalue weighted by Crippen LogP contribution is 2.32. The van der Waals surface area contributed by atoms with Crippen LogP contribution in [0, 0.1) is 5.92 Å². The molecule has 160 valence electrons. The van der Waals surface area contributed by atoms with Gasteiger partial charge in [0.05, 0.1) is 25.7 Å². The number of benzene rings is 2. The van der Waals surface area contributed by atoms with Crippen molar-refractivity contribution in [3.8, 4) is 11.5 Å². The fourth-order valence-corrected chi connectivity index (χ4v) is 4.09. The van der Waals surface area contributed by atoms with E-state index in [0.29, 0.717) is 19.8 Å². The lowest BCUT2D eigenvalue weighted by molar-refractivity contribution is -0.156. The molecule has 0 spiro atoms. The Labute approximate surface area is 177 Å². The second kappa shape index (κ2) is 9.96. The van der Waals surface area contributed by atoms with Crippen molar-refractivity contribution < 1.29 is 23.7 Å². The zero-order valence-electron chi connectivity index (χ0n) is 17.4. The molecule has 0 bridgehead atoms. The van der Waals surface area contributed by atoms with Crippen LogP contribution in [0.5, 0.6) is 11.5 Å². The summed E-state index contributed by atoms with van der Waals surface area (Å²) in [4.78, 5) is 14.7. The Morgan fingerprint density at radius 3 is 2.67 bits per heavy atom. The third-order valence-corrected chi connectivity index (χ3v) is 5.78. The van der Waals surface area contributed by atoms with Crippen molar-refractivity contribution in [2.75, 3.05) is 33.4 Å². The average molecular weight is 411 g/mol. The van der Waals surface area contributed by atoms with Crippen LogP contribution in [0.15, 0.2) is 54.6 Å². The maximum Gasteiger partial charge on any atom is 0.312 e. The van der Waals surface area contributed by atoms with E-state index in [4.69, 9.17) is 18.9 Å². The number of piperidine rings is 1. The van der Waals surface area contributed by atoms with E-state index in [9.17, 15) is 4.79 Å². The minimum absolute atomic E-state index is 0.0172. The minimum Gasteiger partial charge on any atom is -0.486 e. The van der Waals surface area contributed by atoms with Gasteiger partial charge in [-0.25, -0.2) is 0 Å². The van der Waals surface area contributed by atoms with E-state index in [-0.39, 0.29) is 24.1 Å². The standard InChI is InChI=1S/C24H29NO5/c1-27-24(26)20-15-25(14-12-21(20)28-16-18-7-3-2-4-8-18)13-11-19-17-29-22-9-5-6-10-23(22)30-19/h2-10,19-21H,11-17H2,1H3/t19?,20-,21+/m1/s1. The van der Waals surface area contributed by atoms with E-state index < -0.39 is 0 Å². The molecule has 0 N–H and O–H groups in total. The van der Waals surface area contributed by atoms with Crippen LogP contribution in [0.2, 0.25) is 0 Å². The predicted octanol–water partition coefficient (Wildman–Crippen LogP) is 3.30. The Morgan fingerprint density at radius 1 is 1.10 bits per heavy atom. The van der Waals surface area contributed by atoms with E-state index in [0.717, 1.165) is 43.0 Å². The largest absolute Gasteiger partial charge is 0.486 e. The molecule has 0 radical (unpaired) electrons. The molecule has 2 aromatic carbocycles. The molecule has 2 aliphatic rings. The Morgan fingerprint density at radius 2 is 1.87 bits per heavy atom. The van der Waals surface area contributed by atoms with Gasteiger partial charge >= 0.3 is 5.97 Å². The summed E-state index contributed by atoms with van der Waals surface area (Å²) < 4.78 is 23.0. The highest BCUT2D eigenvalue weighted by Gasteiger charge is 2.36. The Bertz CT molecular complexity index is 827. The second-order valence-electron chi connectivity index (χ2n) is 7.84. The van der Waals surface area contributed by atoms with Crippen LogP contribution in [0.25, 0.3) is 0 Å². The molecule has 2 heterocycles. The normalized spacial score (nSPS) is 23.7. The molecule has 1 fully saturated rings. The lowest BCUT2D eigenvalue weighted by Crippen LogP contribution is -2.48. The highest BCUT2D eigenvalue weighted by molar-refractivity contribution is 5.73. The van der Waals surface area contributed by atoms with Crippen LogP contribution in [0.3, 0.4) is 0 Å². The van der Waals surface area contributed by atoms with Crippen molar-refractivity contribution in [2.45, 2.75) is 31.7 Å². The maximum absolute atomic E-state index is 12.4. The smallest absolute Gasteiger partial charge is 0.312 e. The average Bonchev–Trinajstić information content (AvgIpc) is 2.81. The van der Waals surface area contributed by atoms with Crippen LogP contribution in [0.4, 0.5) is 0 Å². The summed E-state index contributed by atoms with van der Waals surface area (Å²) in [5, 5.41) is 0. The molecule has 0 aliphatic carbocycles. The Hall–Kier alpha value is -2.57. The van der Waals surface area contributed by atoms with Crippen molar-refractivity contribution in [1.29, 1.82) is 0 Å². The molecule has 2 aromatic rings. The van der Waals surface area contributed by atoms with Gasteiger partial charge in [-0.05, 0) is 24.1 Å². The number of hydrogen-bond acceptors (Lipinski definition) is 6. The number of hydrogen-bond donors (Lipinski definition) is 0. The molecule has 0 amide bonds. The van der Waals surface area contributed by atoms with Crippen LogP contribution in [-0.4, -0.2) is 56.4 Å². The topological polar surface area (TPSA) is 57.2 Å². The molecule has 0 aromatic heterocycles. The van der Waals surface area contributed by atoms with Gasteiger partial charge in [0, 0.05) is 26.1 Å². The Kier molecular flexibility index (Phi) is 6.87. The third kappa shape index (κ3) is 5.12. The summed E-state index contributed by atoms with van der Waals surface area (Å²) in [7, 11) is 1.44. The van der Waals surface area contributed by atoms with Crippen molar-refractivity contribution in [2.24, 2.45) is 5.92 Å². The first-order valence-electron chi connectivity index (χ1n) is 10.6. The van der Waals surface area contributed by atoms with E-state index >= 15 is 0 Å². The van der Waals surface area contributed by atoms with Gasteiger partial charge in [-0.15, -0.1) is 0 Å². The van der Waals surface area contributed by atoms with Gasteiger partial charge in [-0.2, -0.15) is 0 Å². The number of para-hydroxylation sites is 2. The number of rotatable bonds is 7. The van der Waals surface area contributed by atoms with Crippen molar-refractivity contribution >= 4 is 5.97 Å². The SMILES string of the molecule is COC(=O)[C@@H]1CN(CCC2COc3ccccc3O2)CC[C@@H]1OCc1ccccc1. The minimum atomic E-state index is -0.281. The van der Waals surface area contributed by atoms with Crippen LogP contribution >= 0.6 is 0 Å². The van der Waals surface area contributed by atoms with E-state index in [1.807, 2.05) is 54.6 Å². The molecule has 4 rings (SSSR count). The second-order valence-corrected chi connectivity index (χ2v) is 7.84. The van der Waals surface area contributed by atoms with Crippen LogP contribution < -0.4 is 9.47 Å². The first kappa shape index (κ1) is 20.7. The maximum atomic E-state index is 12.4. The first-order chi connectivity index (χ1) is 14.7. The van der Waals surface area contributed by atoms with E-state index in [1.54, 1.807) is 0 Å². The molecule has 2 aliphatic heterocycles. The van der Waals surface area contributed by atoms with E-state index in [1.165, 1.54) is 7.11 Å². The summed E-state index contributed by atoms with van der Waals surface area (Å²) in [5.74, 6) is 1.12. The summed E-state index contributed by atoms with van der Waals surface area (Å²) >= 11 is 0. The van der Waals surface area contributed by atoms with Gasteiger partial charge in [0.2, 0.25) is 0 Å². The molecule has 1 saturated heterocycles. The fraction of sp³-hybridized carbons (Fsp3) is 0.458. The molecule has 3 atom stereocenters. The zero-order valence-corrected chi connectivity index (χ0v) is 17.4.